The molecule has 1 aliphatic heterocycles. The molecule has 1 heterocycles. The van der Waals surface area contributed by atoms with E-state index in [1.54, 1.807) is 0 Å². The Morgan fingerprint density at radius 1 is 1.11 bits per heavy atom. The number of piperazine rings is 1. The van der Waals surface area contributed by atoms with Gasteiger partial charge in [0.2, 0.25) is 5.91 Å². The van der Waals surface area contributed by atoms with Crippen LogP contribution in [-0.2, 0) is 4.79 Å². The molecule has 0 spiro atoms. The predicted molar refractivity (Wildman–Crippen MR) is 74.0 cm³/mol. The second-order valence-electron chi connectivity index (χ2n) is 4.75. The molecule has 1 saturated heterocycles. The zero-order valence-electron chi connectivity index (χ0n) is 11.1. The summed E-state index contributed by atoms with van der Waals surface area (Å²) >= 11 is 0. The molecule has 2 rings (SSSR count). The fraction of sp³-hybridized carbons (Fsp3) is 0.500. The van der Waals surface area contributed by atoms with E-state index in [1.165, 1.54) is 0 Å². The minimum atomic E-state index is -0.249. The Labute approximate surface area is 113 Å². The Balaban J connectivity index is 1.62. The largest absolute Gasteiger partial charge is 0.492 e. The molecule has 2 N–H and O–H groups in total. The van der Waals surface area contributed by atoms with Crippen LogP contribution >= 0.6 is 0 Å². The molecule has 1 aromatic carbocycles. The number of amides is 1. The topological polar surface area (TPSA) is 58.8 Å². The lowest BCUT2D eigenvalue weighted by Gasteiger charge is -2.33. The maximum atomic E-state index is 10.8. The average molecular weight is 263 g/mol. The van der Waals surface area contributed by atoms with Crippen LogP contribution in [0.1, 0.15) is 0 Å². The number of hydrogen-bond donors (Lipinski definition) is 1. The van der Waals surface area contributed by atoms with Gasteiger partial charge in [0.25, 0.3) is 0 Å². The number of rotatable bonds is 6. The van der Waals surface area contributed by atoms with Crippen molar-refractivity contribution in [2.45, 2.75) is 0 Å². The molecule has 0 aliphatic carbocycles. The van der Waals surface area contributed by atoms with Crippen LogP contribution in [-0.4, -0.2) is 61.6 Å². The average Bonchev–Trinajstić information content (AvgIpc) is 2.41. The summed E-state index contributed by atoms with van der Waals surface area (Å²) < 4.78 is 5.67. The molecule has 1 aliphatic rings. The van der Waals surface area contributed by atoms with Crippen LogP contribution in [0.5, 0.6) is 5.75 Å². The standard InChI is InChI=1S/C14H21N3O2/c15-14(18)12-17-8-6-16(7-9-17)10-11-19-13-4-2-1-3-5-13/h1-5H,6-12H2,(H2,15,18). The second kappa shape index (κ2) is 7.11. The van der Waals surface area contributed by atoms with Gasteiger partial charge in [-0.1, -0.05) is 18.2 Å². The lowest BCUT2D eigenvalue weighted by molar-refractivity contribution is -0.119. The summed E-state index contributed by atoms with van der Waals surface area (Å²) in [5.74, 6) is 0.663. The third kappa shape index (κ3) is 4.89. The third-order valence-electron chi connectivity index (χ3n) is 3.26. The zero-order chi connectivity index (χ0) is 13.5. The lowest BCUT2D eigenvalue weighted by atomic mass is 10.3. The minimum Gasteiger partial charge on any atom is -0.492 e. The van der Waals surface area contributed by atoms with Gasteiger partial charge in [0.05, 0.1) is 6.54 Å². The lowest BCUT2D eigenvalue weighted by Crippen LogP contribution is -2.49. The molecule has 0 unspecified atom stereocenters. The third-order valence-corrected chi connectivity index (χ3v) is 3.26. The highest BCUT2D eigenvalue weighted by molar-refractivity contribution is 5.75. The maximum Gasteiger partial charge on any atom is 0.231 e. The maximum absolute atomic E-state index is 10.8. The van der Waals surface area contributed by atoms with Gasteiger partial charge in [0.15, 0.2) is 0 Å². The zero-order valence-corrected chi connectivity index (χ0v) is 11.1. The number of carbonyl (C=O) groups excluding carboxylic acids is 1. The highest BCUT2D eigenvalue weighted by Gasteiger charge is 2.17. The van der Waals surface area contributed by atoms with Gasteiger partial charge in [-0.15, -0.1) is 0 Å². The van der Waals surface area contributed by atoms with Gasteiger partial charge >= 0.3 is 0 Å². The van der Waals surface area contributed by atoms with Crippen molar-refractivity contribution >= 4 is 5.91 Å². The smallest absolute Gasteiger partial charge is 0.231 e. The van der Waals surface area contributed by atoms with Crippen LogP contribution in [0.4, 0.5) is 0 Å². The van der Waals surface area contributed by atoms with Crippen molar-refractivity contribution in [1.82, 2.24) is 9.80 Å². The van der Waals surface area contributed by atoms with E-state index in [9.17, 15) is 4.79 Å². The van der Waals surface area contributed by atoms with Crippen molar-refractivity contribution in [3.8, 4) is 5.75 Å². The molecule has 5 nitrogen and oxygen atoms in total. The summed E-state index contributed by atoms with van der Waals surface area (Å²) in [6.45, 7) is 5.70. The van der Waals surface area contributed by atoms with Gasteiger partial charge in [-0.05, 0) is 12.1 Å². The van der Waals surface area contributed by atoms with Crippen LogP contribution in [0, 0.1) is 0 Å². The van der Waals surface area contributed by atoms with Gasteiger partial charge in [-0.25, -0.2) is 0 Å². The molecule has 0 aromatic heterocycles. The molecule has 0 radical (unpaired) electrons. The van der Waals surface area contributed by atoms with Crippen LogP contribution in [0.15, 0.2) is 30.3 Å². The first-order chi connectivity index (χ1) is 9.24. The molecule has 1 aromatic rings. The Morgan fingerprint density at radius 2 is 1.74 bits per heavy atom. The van der Waals surface area contributed by atoms with Gasteiger partial charge in [0, 0.05) is 32.7 Å². The summed E-state index contributed by atoms with van der Waals surface area (Å²) in [7, 11) is 0. The minimum absolute atomic E-state index is 0.249. The number of carbonyl (C=O) groups is 1. The van der Waals surface area contributed by atoms with Crippen molar-refractivity contribution in [3.63, 3.8) is 0 Å². The molecular weight excluding hydrogens is 242 g/mol. The Bertz CT molecular complexity index is 389. The molecule has 1 fully saturated rings. The van der Waals surface area contributed by atoms with E-state index < -0.39 is 0 Å². The molecule has 19 heavy (non-hydrogen) atoms. The van der Waals surface area contributed by atoms with Crippen LogP contribution < -0.4 is 10.5 Å². The van der Waals surface area contributed by atoms with Crippen molar-refractivity contribution in [1.29, 1.82) is 0 Å². The van der Waals surface area contributed by atoms with Gasteiger partial charge in [-0.2, -0.15) is 0 Å². The fourth-order valence-corrected chi connectivity index (χ4v) is 2.20. The van der Waals surface area contributed by atoms with Crippen LogP contribution in [0.3, 0.4) is 0 Å². The number of nitrogens with two attached hydrogens (primary N) is 1. The van der Waals surface area contributed by atoms with Gasteiger partial charge in [0.1, 0.15) is 12.4 Å². The number of benzene rings is 1. The van der Waals surface area contributed by atoms with E-state index in [1.807, 2.05) is 30.3 Å². The van der Waals surface area contributed by atoms with E-state index >= 15 is 0 Å². The normalized spacial score (nSPS) is 17.3. The number of nitrogens with zero attached hydrogens (tertiary/aromatic N) is 2. The fourth-order valence-electron chi connectivity index (χ4n) is 2.20. The highest BCUT2D eigenvalue weighted by atomic mass is 16.5. The van der Waals surface area contributed by atoms with E-state index in [4.69, 9.17) is 10.5 Å². The summed E-state index contributed by atoms with van der Waals surface area (Å²) in [5.41, 5.74) is 5.19. The summed E-state index contributed by atoms with van der Waals surface area (Å²) in [6.07, 6.45) is 0. The summed E-state index contributed by atoms with van der Waals surface area (Å²) in [4.78, 5) is 15.3. The van der Waals surface area contributed by atoms with E-state index in [0.29, 0.717) is 13.2 Å². The number of primary amides is 1. The van der Waals surface area contributed by atoms with Crippen molar-refractivity contribution in [3.05, 3.63) is 30.3 Å². The predicted octanol–water partition coefficient (Wildman–Crippen LogP) is 0.168. The quantitative estimate of drug-likeness (QED) is 0.795. The van der Waals surface area contributed by atoms with Crippen LogP contribution in [0.25, 0.3) is 0 Å². The van der Waals surface area contributed by atoms with Crippen molar-refractivity contribution in [2.24, 2.45) is 5.73 Å². The summed E-state index contributed by atoms with van der Waals surface area (Å²) in [6, 6.07) is 9.84. The number of hydrogen-bond acceptors (Lipinski definition) is 4. The molecule has 0 saturated carbocycles. The molecular formula is C14H21N3O2. The van der Waals surface area contributed by atoms with E-state index in [-0.39, 0.29) is 5.91 Å². The van der Waals surface area contributed by atoms with Crippen LogP contribution in [0.2, 0.25) is 0 Å². The first-order valence-corrected chi connectivity index (χ1v) is 6.65. The Hall–Kier alpha value is -1.59. The summed E-state index contributed by atoms with van der Waals surface area (Å²) in [5, 5.41) is 0. The molecule has 104 valence electrons. The molecule has 5 heteroatoms. The highest BCUT2D eigenvalue weighted by Crippen LogP contribution is 2.08. The van der Waals surface area contributed by atoms with Gasteiger partial charge < -0.3 is 10.5 Å². The molecule has 0 atom stereocenters. The molecule has 0 bridgehead atoms. The SMILES string of the molecule is NC(=O)CN1CCN(CCOc2ccccc2)CC1. The van der Waals surface area contributed by atoms with Crippen molar-refractivity contribution < 1.29 is 9.53 Å². The van der Waals surface area contributed by atoms with E-state index in [2.05, 4.69) is 9.80 Å². The Morgan fingerprint density at radius 3 is 2.37 bits per heavy atom. The second-order valence-corrected chi connectivity index (χ2v) is 4.75. The number of ether oxygens (including phenoxy) is 1. The molecule has 1 amide bonds. The van der Waals surface area contributed by atoms with E-state index in [0.717, 1.165) is 38.5 Å². The van der Waals surface area contributed by atoms with Crippen molar-refractivity contribution in [2.75, 3.05) is 45.9 Å². The first-order valence-electron chi connectivity index (χ1n) is 6.65. The number of para-hydroxylation sites is 1. The monoisotopic (exact) mass is 263 g/mol. The first kappa shape index (κ1) is 13.8. The van der Waals surface area contributed by atoms with Gasteiger partial charge in [-0.3, -0.25) is 14.6 Å². The Kier molecular flexibility index (Phi) is 5.18.